The Hall–Kier alpha value is -1.35. The van der Waals surface area contributed by atoms with Crippen molar-refractivity contribution in [3.05, 3.63) is 16.1 Å². The molecule has 3 rings (SSSR count). The Morgan fingerprint density at radius 3 is 2.67 bits per heavy atom. The summed E-state index contributed by atoms with van der Waals surface area (Å²) in [6, 6.07) is -0.162. The van der Waals surface area contributed by atoms with Gasteiger partial charge in [0.05, 0.1) is 16.6 Å². The highest BCUT2D eigenvalue weighted by molar-refractivity contribution is 7.09. The molecule has 2 aliphatic rings. The van der Waals surface area contributed by atoms with Crippen molar-refractivity contribution in [1.29, 1.82) is 0 Å². The zero-order valence-electron chi connectivity index (χ0n) is 18.0. The minimum absolute atomic E-state index is 0.138. The fourth-order valence-corrected chi connectivity index (χ4v) is 5.14. The Kier molecular flexibility index (Phi) is 8.39. The van der Waals surface area contributed by atoms with Crippen LogP contribution in [0.1, 0.15) is 56.2 Å². The average Bonchev–Trinajstić information content (AvgIpc) is 3.19. The van der Waals surface area contributed by atoms with Gasteiger partial charge in [0.25, 0.3) is 0 Å². The number of likely N-dealkylation sites (tertiary alicyclic amines) is 1. The molecule has 0 radical (unpaired) electrons. The molecular weight excluding hydrogens is 411 g/mol. The third-order valence-corrected chi connectivity index (χ3v) is 7.30. The zero-order chi connectivity index (χ0) is 21.6. The molecule has 1 aliphatic carbocycles. The van der Waals surface area contributed by atoms with E-state index < -0.39 is 12.1 Å². The molecule has 1 saturated heterocycles. The molecular formula is C21H34F3N5S. The lowest BCUT2D eigenvalue weighted by Gasteiger charge is -2.33. The van der Waals surface area contributed by atoms with E-state index in [9.17, 15) is 13.2 Å². The Labute approximate surface area is 181 Å². The third kappa shape index (κ3) is 6.83. The quantitative estimate of drug-likeness (QED) is 0.509. The molecule has 1 aromatic rings. The molecule has 2 heterocycles. The first kappa shape index (κ1) is 23.3. The molecule has 0 spiro atoms. The van der Waals surface area contributed by atoms with Gasteiger partial charge in [0.15, 0.2) is 5.96 Å². The summed E-state index contributed by atoms with van der Waals surface area (Å²) in [5.74, 6) is -0.0205. The van der Waals surface area contributed by atoms with Crippen LogP contribution in [-0.2, 0) is 13.0 Å². The Morgan fingerprint density at radius 2 is 2.03 bits per heavy atom. The second-order valence-electron chi connectivity index (χ2n) is 8.51. The second kappa shape index (κ2) is 10.8. The number of aliphatic imine (C=N–C) groups is 1. The first-order valence-corrected chi connectivity index (χ1v) is 11.9. The van der Waals surface area contributed by atoms with Crippen molar-refractivity contribution in [2.24, 2.45) is 16.8 Å². The molecule has 170 valence electrons. The number of aromatic nitrogens is 1. The summed E-state index contributed by atoms with van der Waals surface area (Å²) in [5, 5.41) is 9.92. The van der Waals surface area contributed by atoms with E-state index in [-0.39, 0.29) is 18.9 Å². The molecule has 9 heteroatoms. The van der Waals surface area contributed by atoms with E-state index in [0.717, 1.165) is 51.9 Å². The summed E-state index contributed by atoms with van der Waals surface area (Å²) in [5.41, 5.74) is 1.17. The molecule has 1 saturated carbocycles. The van der Waals surface area contributed by atoms with Gasteiger partial charge in [-0.15, -0.1) is 11.3 Å². The van der Waals surface area contributed by atoms with Crippen molar-refractivity contribution in [3.8, 4) is 0 Å². The van der Waals surface area contributed by atoms with E-state index in [1.807, 2.05) is 0 Å². The minimum atomic E-state index is -4.10. The maximum atomic E-state index is 13.0. The number of piperidine rings is 1. The van der Waals surface area contributed by atoms with Crippen LogP contribution in [0.25, 0.3) is 0 Å². The van der Waals surface area contributed by atoms with E-state index in [2.05, 4.69) is 37.8 Å². The van der Waals surface area contributed by atoms with E-state index in [1.54, 1.807) is 18.4 Å². The van der Waals surface area contributed by atoms with Crippen LogP contribution in [0.3, 0.4) is 0 Å². The number of alkyl halides is 3. The van der Waals surface area contributed by atoms with Crippen LogP contribution in [0.5, 0.6) is 0 Å². The monoisotopic (exact) mass is 445 g/mol. The van der Waals surface area contributed by atoms with Crippen LogP contribution in [0, 0.1) is 11.8 Å². The van der Waals surface area contributed by atoms with Crippen molar-refractivity contribution in [3.63, 3.8) is 0 Å². The largest absolute Gasteiger partial charge is 0.391 e. The smallest absolute Gasteiger partial charge is 0.356 e. The number of thiazole rings is 1. The highest BCUT2D eigenvalue weighted by atomic mass is 32.1. The predicted molar refractivity (Wildman–Crippen MR) is 116 cm³/mol. The number of aryl methyl sites for hydroxylation is 1. The summed E-state index contributed by atoms with van der Waals surface area (Å²) in [6.45, 7) is 5.95. The number of nitrogens with zero attached hydrogens (tertiary/aromatic N) is 3. The molecule has 2 fully saturated rings. The van der Waals surface area contributed by atoms with Crippen LogP contribution >= 0.6 is 11.3 Å². The lowest BCUT2D eigenvalue weighted by atomic mass is 9.85. The van der Waals surface area contributed by atoms with Gasteiger partial charge in [-0.1, -0.05) is 13.3 Å². The van der Waals surface area contributed by atoms with Gasteiger partial charge >= 0.3 is 6.18 Å². The topological polar surface area (TPSA) is 52.6 Å². The van der Waals surface area contributed by atoms with Gasteiger partial charge in [0, 0.05) is 31.6 Å². The first-order valence-electron chi connectivity index (χ1n) is 11.1. The van der Waals surface area contributed by atoms with E-state index in [4.69, 9.17) is 0 Å². The molecule has 0 aromatic carbocycles. The van der Waals surface area contributed by atoms with Crippen molar-refractivity contribution >= 4 is 17.3 Å². The standard InChI is InChI=1S/C21H34F3N5S/c1-3-19-27-18(14-30-19)13-29-9-7-15(8-10-29)12-26-20(25-2)28-17-6-4-5-16(11-17)21(22,23)24/h14-17H,3-13H2,1-2H3,(H2,25,26,28). The lowest BCUT2D eigenvalue weighted by Crippen LogP contribution is -2.48. The number of guanidine groups is 1. The van der Waals surface area contributed by atoms with Gasteiger partial charge < -0.3 is 10.6 Å². The van der Waals surface area contributed by atoms with Crippen molar-refractivity contribution < 1.29 is 13.2 Å². The Balaban J connectivity index is 1.37. The Morgan fingerprint density at radius 1 is 1.27 bits per heavy atom. The van der Waals surface area contributed by atoms with E-state index >= 15 is 0 Å². The number of halogens is 3. The first-order chi connectivity index (χ1) is 14.4. The van der Waals surface area contributed by atoms with Crippen LogP contribution in [-0.4, -0.2) is 54.7 Å². The second-order valence-corrected chi connectivity index (χ2v) is 9.45. The van der Waals surface area contributed by atoms with Gasteiger partial charge in [0.1, 0.15) is 0 Å². The van der Waals surface area contributed by atoms with Gasteiger partial charge in [-0.05, 0) is 57.5 Å². The van der Waals surface area contributed by atoms with Crippen molar-refractivity contribution in [1.82, 2.24) is 20.5 Å². The minimum Gasteiger partial charge on any atom is -0.356 e. The molecule has 2 N–H and O–H groups in total. The maximum absolute atomic E-state index is 13.0. The summed E-state index contributed by atoms with van der Waals surface area (Å²) < 4.78 is 39.1. The van der Waals surface area contributed by atoms with Crippen molar-refractivity contribution in [2.75, 3.05) is 26.7 Å². The Bertz CT molecular complexity index is 682. The van der Waals surface area contributed by atoms with Crippen molar-refractivity contribution in [2.45, 2.75) is 70.6 Å². The fourth-order valence-electron chi connectivity index (χ4n) is 4.41. The summed E-state index contributed by atoms with van der Waals surface area (Å²) in [4.78, 5) is 11.3. The molecule has 0 bridgehead atoms. The molecule has 30 heavy (non-hydrogen) atoms. The SMILES string of the molecule is CCc1nc(CN2CCC(CNC(=NC)NC3CCCC(C(F)(F)F)C3)CC2)cs1. The predicted octanol–water partition coefficient (Wildman–Crippen LogP) is 4.20. The number of hydrogen-bond acceptors (Lipinski definition) is 4. The van der Waals surface area contributed by atoms with Crippen LogP contribution in [0.2, 0.25) is 0 Å². The highest BCUT2D eigenvalue weighted by Crippen LogP contribution is 2.37. The summed E-state index contributed by atoms with van der Waals surface area (Å²) >= 11 is 1.74. The normalized spacial score (nSPS) is 24.8. The van der Waals surface area contributed by atoms with Gasteiger partial charge in [0.2, 0.25) is 0 Å². The van der Waals surface area contributed by atoms with Crippen LogP contribution in [0.4, 0.5) is 13.2 Å². The maximum Gasteiger partial charge on any atom is 0.391 e. The highest BCUT2D eigenvalue weighted by Gasteiger charge is 2.42. The number of rotatable bonds is 6. The molecule has 1 aliphatic heterocycles. The van der Waals surface area contributed by atoms with Gasteiger partial charge in [-0.25, -0.2) is 4.98 Å². The number of hydrogen-bond donors (Lipinski definition) is 2. The zero-order valence-corrected chi connectivity index (χ0v) is 18.8. The molecule has 2 atom stereocenters. The molecule has 5 nitrogen and oxygen atoms in total. The van der Waals surface area contributed by atoms with Gasteiger partial charge in [-0.2, -0.15) is 13.2 Å². The summed E-state index contributed by atoms with van der Waals surface area (Å²) in [7, 11) is 1.68. The van der Waals surface area contributed by atoms with Gasteiger partial charge in [-0.3, -0.25) is 9.89 Å². The lowest BCUT2D eigenvalue weighted by molar-refractivity contribution is -0.183. The van der Waals surface area contributed by atoms with E-state index in [0.29, 0.717) is 18.3 Å². The summed E-state index contributed by atoms with van der Waals surface area (Å²) in [6.07, 6.45) is 0.861. The van der Waals surface area contributed by atoms with E-state index in [1.165, 1.54) is 10.7 Å². The third-order valence-electron chi connectivity index (χ3n) is 6.25. The van der Waals surface area contributed by atoms with Crippen LogP contribution < -0.4 is 10.6 Å². The molecule has 0 amide bonds. The van der Waals surface area contributed by atoms with Crippen LogP contribution in [0.15, 0.2) is 10.4 Å². The molecule has 1 aromatic heterocycles. The average molecular weight is 446 g/mol. The number of nitrogens with one attached hydrogen (secondary N) is 2. The fraction of sp³-hybridized carbons (Fsp3) is 0.810. The molecule has 2 unspecified atom stereocenters.